The highest BCUT2D eigenvalue weighted by Crippen LogP contribution is 2.30. The molecule has 1 N–H and O–H groups in total. The predicted molar refractivity (Wildman–Crippen MR) is 66.9 cm³/mol. The number of rotatable bonds is 1. The summed E-state index contributed by atoms with van der Waals surface area (Å²) < 4.78 is 5.47. The van der Waals surface area contributed by atoms with Crippen LogP contribution in [-0.2, 0) is 17.8 Å². The van der Waals surface area contributed by atoms with E-state index in [4.69, 9.17) is 4.74 Å². The van der Waals surface area contributed by atoms with Gasteiger partial charge in [-0.3, -0.25) is 0 Å². The second-order valence-corrected chi connectivity index (χ2v) is 4.29. The SMILES string of the molecule is Oc1ccc(-c2cccc3c2CCOC3)cc1. The first-order valence-corrected chi connectivity index (χ1v) is 5.82. The van der Waals surface area contributed by atoms with Gasteiger partial charge in [-0.2, -0.15) is 0 Å². The molecule has 0 bridgehead atoms. The number of aromatic hydroxyl groups is 1. The highest BCUT2D eigenvalue weighted by atomic mass is 16.5. The molecule has 0 aromatic heterocycles. The van der Waals surface area contributed by atoms with E-state index in [1.165, 1.54) is 16.7 Å². The molecule has 0 unspecified atom stereocenters. The summed E-state index contributed by atoms with van der Waals surface area (Å²) in [7, 11) is 0. The van der Waals surface area contributed by atoms with Gasteiger partial charge in [0.2, 0.25) is 0 Å². The summed E-state index contributed by atoms with van der Waals surface area (Å²) in [6.07, 6.45) is 0.965. The van der Waals surface area contributed by atoms with Gasteiger partial charge in [-0.05, 0) is 40.8 Å². The lowest BCUT2D eigenvalue weighted by Crippen LogP contribution is -2.10. The normalized spacial score (nSPS) is 14.4. The van der Waals surface area contributed by atoms with Crippen molar-refractivity contribution in [1.82, 2.24) is 0 Å². The van der Waals surface area contributed by atoms with Crippen LogP contribution in [0, 0.1) is 0 Å². The van der Waals surface area contributed by atoms with Crippen molar-refractivity contribution >= 4 is 0 Å². The smallest absolute Gasteiger partial charge is 0.115 e. The Hall–Kier alpha value is -1.80. The van der Waals surface area contributed by atoms with E-state index in [0.717, 1.165) is 18.6 Å². The Morgan fingerprint density at radius 1 is 1.00 bits per heavy atom. The first-order valence-electron chi connectivity index (χ1n) is 5.82. The number of hydrogen-bond donors (Lipinski definition) is 1. The van der Waals surface area contributed by atoms with E-state index in [1.807, 2.05) is 12.1 Å². The maximum absolute atomic E-state index is 9.32. The van der Waals surface area contributed by atoms with E-state index in [2.05, 4.69) is 18.2 Å². The van der Waals surface area contributed by atoms with Gasteiger partial charge in [0.15, 0.2) is 0 Å². The van der Waals surface area contributed by atoms with Crippen LogP contribution >= 0.6 is 0 Å². The van der Waals surface area contributed by atoms with Gasteiger partial charge < -0.3 is 9.84 Å². The lowest BCUT2D eigenvalue weighted by atomic mass is 9.93. The van der Waals surface area contributed by atoms with E-state index >= 15 is 0 Å². The molecule has 1 aliphatic rings. The Labute approximate surface area is 100 Å². The van der Waals surface area contributed by atoms with Crippen molar-refractivity contribution in [2.75, 3.05) is 6.61 Å². The summed E-state index contributed by atoms with van der Waals surface area (Å²) >= 11 is 0. The number of phenols is 1. The quantitative estimate of drug-likeness (QED) is 0.809. The van der Waals surface area contributed by atoms with Crippen LogP contribution < -0.4 is 0 Å². The van der Waals surface area contributed by atoms with Crippen molar-refractivity contribution in [1.29, 1.82) is 0 Å². The molecule has 1 heterocycles. The van der Waals surface area contributed by atoms with Crippen molar-refractivity contribution < 1.29 is 9.84 Å². The lowest BCUT2D eigenvalue weighted by molar-refractivity contribution is 0.111. The minimum absolute atomic E-state index is 0.307. The van der Waals surface area contributed by atoms with Gasteiger partial charge in [-0.1, -0.05) is 30.3 Å². The fraction of sp³-hybridized carbons (Fsp3) is 0.200. The van der Waals surface area contributed by atoms with E-state index in [-0.39, 0.29) is 0 Å². The third kappa shape index (κ3) is 1.92. The van der Waals surface area contributed by atoms with Crippen LogP contribution in [0.3, 0.4) is 0 Å². The van der Waals surface area contributed by atoms with Gasteiger partial charge in [0.05, 0.1) is 13.2 Å². The van der Waals surface area contributed by atoms with Crippen LogP contribution in [0.4, 0.5) is 0 Å². The van der Waals surface area contributed by atoms with Gasteiger partial charge in [0.25, 0.3) is 0 Å². The minimum Gasteiger partial charge on any atom is -0.508 e. The minimum atomic E-state index is 0.307. The Morgan fingerprint density at radius 2 is 1.82 bits per heavy atom. The second-order valence-electron chi connectivity index (χ2n) is 4.29. The molecule has 0 atom stereocenters. The summed E-state index contributed by atoms with van der Waals surface area (Å²) in [6.45, 7) is 1.50. The Balaban J connectivity index is 2.11. The molecule has 0 amide bonds. The third-order valence-corrected chi connectivity index (χ3v) is 3.21. The maximum atomic E-state index is 9.32. The number of phenolic OH excluding ortho intramolecular Hbond substituents is 1. The summed E-state index contributed by atoms with van der Waals surface area (Å²) in [4.78, 5) is 0. The molecular formula is C15H14O2. The highest BCUT2D eigenvalue weighted by Gasteiger charge is 2.13. The molecule has 0 aliphatic carbocycles. The van der Waals surface area contributed by atoms with Crippen molar-refractivity contribution in [3.8, 4) is 16.9 Å². The molecule has 0 saturated carbocycles. The Bertz CT molecular complexity index is 529. The molecule has 2 aromatic carbocycles. The van der Waals surface area contributed by atoms with Crippen LogP contribution in [0.2, 0.25) is 0 Å². The molecule has 2 aromatic rings. The molecule has 2 nitrogen and oxygen atoms in total. The van der Waals surface area contributed by atoms with E-state index in [9.17, 15) is 5.11 Å². The average molecular weight is 226 g/mol. The molecule has 86 valence electrons. The third-order valence-electron chi connectivity index (χ3n) is 3.21. The summed E-state index contributed by atoms with van der Waals surface area (Å²) in [6, 6.07) is 13.7. The van der Waals surface area contributed by atoms with Crippen molar-refractivity contribution in [2.45, 2.75) is 13.0 Å². The topological polar surface area (TPSA) is 29.5 Å². The molecule has 0 spiro atoms. The standard InChI is InChI=1S/C15H14O2/c16-13-6-4-11(5-7-13)14-3-1-2-12-10-17-9-8-15(12)14/h1-7,16H,8-10H2. The van der Waals surface area contributed by atoms with Crippen LogP contribution in [0.15, 0.2) is 42.5 Å². The largest absolute Gasteiger partial charge is 0.508 e. The average Bonchev–Trinajstić information content (AvgIpc) is 2.39. The molecule has 0 saturated heterocycles. The van der Waals surface area contributed by atoms with Gasteiger partial charge in [0, 0.05) is 0 Å². The van der Waals surface area contributed by atoms with Crippen LogP contribution in [0.25, 0.3) is 11.1 Å². The highest BCUT2D eigenvalue weighted by molar-refractivity contribution is 5.69. The molecule has 2 heteroatoms. The van der Waals surface area contributed by atoms with Gasteiger partial charge in [-0.25, -0.2) is 0 Å². The summed E-state index contributed by atoms with van der Waals surface area (Å²) in [5.41, 5.74) is 5.07. The zero-order valence-corrected chi connectivity index (χ0v) is 9.52. The number of benzene rings is 2. The van der Waals surface area contributed by atoms with E-state index < -0.39 is 0 Å². The lowest BCUT2D eigenvalue weighted by Gasteiger charge is -2.19. The Morgan fingerprint density at radius 3 is 2.65 bits per heavy atom. The van der Waals surface area contributed by atoms with Crippen LogP contribution in [0.1, 0.15) is 11.1 Å². The number of hydrogen-bond acceptors (Lipinski definition) is 2. The fourth-order valence-electron chi connectivity index (χ4n) is 2.33. The Kier molecular flexibility index (Phi) is 2.57. The van der Waals surface area contributed by atoms with Crippen LogP contribution in [-0.4, -0.2) is 11.7 Å². The number of fused-ring (bicyclic) bond motifs is 1. The zero-order chi connectivity index (χ0) is 11.7. The van der Waals surface area contributed by atoms with Gasteiger partial charge in [0.1, 0.15) is 5.75 Å². The molecular weight excluding hydrogens is 212 g/mol. The summed E-state index contributed by atoms with van der Waals surface area (Å²) in [5, 5.41) is 9.32. The van der Waals surface area contributed by atoms with Gasteiger partial charge >= 0.3 is 0 Å². The van der Waals surface area contributed by atoms with Crippen molar-refractivity contribution in [2.24, 2.45) is 0 Å². The fourth-order valence-corrected chi connectivity index (χ4v) is 2.33. The molecule has 1 aliphatic heterocycles. The first-order chi connectivity index (χ1) is 8.34. The monoisotopic (exact) mass is 226 g/mol. The summed E-state index contributed by atoms with van der Waals surface area (Å²) in [5.74, 6) is 0.307. The maximum Gasteiger partial charge on any atom is 0.115 e. The van der Waals surface area contributed by atoms with Crippen molar-refractivity contribution in [3.05, 3.63) is 53.6 Å². The zero-order valence-electron chi connectivity index (χ0n) is 9.52. The molecule has 17 heavy (non-hydrogen) atoms. The molecule has 3 rings (SSSR count). The van der Waals surface area contributed by atoms with E-state index in [0.29, 0.717) is 12.4 Å². The molecule has 0 radical (unpaired) electrons. The van der Waals surface area contributed by atoms with Gasteiger partial charge in [-0.15, -0.1) is 0 Å². The first kappa shape index (κ1) is 10.4. The van der Waals surface area contributed by atoms with E-state index in [1.54, 1.807) is 12.1 Å². The van der Waals surface area contributed by atoms with Crippen molar-refractivity contribution in [3.63, 3.8) is 0 Å². The predicted octanol–water partition coefficient (Wildman–Crippen LogP) is 3.13. The second kappa shape index (κ2) is 4.22. The van der Waals surface area contributed by atoms with Crippen LogP contribution in [0.5, 0.6) is 5.75 Å². The molecule has 0 fully saturated rings. The number of ether oxygens (including phenoxy) is 1.